The normalized spacial score (nSPS) is 15.5. The summed E-state index contributed by atoms with van der Waals surface area (Å²) in [4.78, 5) is 0. The third-order valence-corrected chi connectivity index (χ3v) is 3.96. The van der Waals surface area contributed by atoms with Crippen molar-refractivity contribution in [1.82, 2.24) is 10.7 Å². The quantitative estimate of drug-likeness (QED) is 0.496. The molecule has 0 heterocycles. The highest BCUT2D eigenvalue weighted by Crippen LogP contribution is 2.23. The first-order chi connectivity index (χ1) is 10.7. The van der Waals surface area contributed by atoms with E-state index in [1.807, 2.05) is 18.2 Å². The second kappa shape index (κ2) is 8.58. The smallest absolute Gasteiger partial charge is 0.187 e. The fourth-order valence-corrected chi connectivity index (χ4v) is 2.77. The zero-order valence-corrected chi connectivity index (χ0v) is 13.9. The van der Waals surface area contributed by atoms with Gasteiger partial charge < -0.3 is 14.8 Å². The number of benzene rings is 1. The van der Waals surface area contributed by atoms with E-state index >= 15 is 0 Å². The lowest BCUT2D eigenvalue weighted by atomic mass is 9.96. The molecule has 22 heavy (non-hydrogen) atoms. The van der Waals surface area contributed by atoms with Gasteiger partial charge >= 0.3 is 0 Å². The first-order valence-electron chi connectivity index (χ1n) is 7.54. The summed E-state index contributed by atoms with van der Waals surface area (Å²) >= 11 is 5.26. The molecule has 1 aromatic rings. The Hall–Kier alpha value is -1.82. The Morgan fingerprint density at radius 2 is 2.00 bits per heavy atom. The highest BCUT2D eigenvalue weighted by molar-refractivity contribution is 7.80. The summed E-state index contributed by atoms with van der Waals surface area (Å²) in [6, 6.07) is 6.04. The van der Waals surface area contributed by atoms with Crippen LogP contribution in [0.2, 0.25) is 0 Å². The van der Waals surface area contributed by atoms with Crippen LogP contribution in [-0.4, -0.2) is 31.6 Å². The number of nitrogens with zero attached hydrogens (tertiary/aromatic N) is 1. The van der Waals surface area contributed by atoms with Crippen molar-refractivity contribution in [3.8, 4) is 11.5 Å². The van der Waals surface area contributed by atoms with E-state index in [4.69, 9.17) is 21.7 Å². The van der Waals surface area contributed by atoms with Gasteiger partial charge in [-0.1, -0.05) is 19.3 Å². The van der Waals surface area contributed by atoms with Crippen LogP contribution in [0.25, 0.3) is 0 Å². The SMILES string of the molecule is COc1ccc(/C=N\NC(=S)NC2CCCCC2)c(OC)c1. The highest BCUT2D eigenvalue weighted by Gasteiger charge is 2.13. The standard InChI is InChI=1S/C16H23N3O2S/c1-20-14-9-8-12(15(10-14)21-2)11-17-19-16(22)18-13-6-4-3-5-7-13/h8-11,13H,3-7H2,1-2H3,(H2,18,19,22)/b17-11-. The lowest BCUT2D eigenvalue weighted by molar-refractivity contribution is 0.394. The molecule has 120 valence electrons. The summed E-state index contributed by atoms with van der Waals surface area (Å²) in [5.41, 5.74) is 3.72. The van der Waals surface area contributed by atoms with E-state index in [2.05, 4.69) is 15.8 Å². The van der Waals surface area contributed by atoms with Gasteiger partial charge in [-0.05, 0) is 37.2 Å². The number of nitrogens with one attached hydrogen (secondary N) is 2. The van der Waals surface area contributed by atoms with E-state index in [1.54, 1.807) is 20.4 Å². The topological polar surface area (TPSA) is 54.9 Å². The second-order valence-corrected chi connectivity index (χ2v) is 5.69. The van der Waals surface area contributed by atoms with Crippen LogP contribution in [0.3, 0.4) is 0 Å². The minimum atomic E-state index is 0.472. The van der Waals surface area contributed by atoms with Gasteiger partial charge in [0.05, 0.1) is 20.4 Å². The van der Waals surface area contributed by atoms with Gasteiger partial charge in [0.1, 0.15) is 11.5 Å². The monoisotopic (exact) mass is 321 g/mol. The van der Waals surface area contributed by atoms with Gasteiger partial charge in [-0.25, -0.2) is 0 Å². The highest BCUT2D eigenvalue weighted by atomic mass is 32.1. The molecule has 0 saturated heterocycles. The van der Waals surface area contributed by atoms with Gasteiger partial charge in [0.2, 0.25) is 0 Å². The van der Waals surface area contributed by atoms with Crippen LogP contribution in [0.1, 0.15) is 37.7 Å². The van der Waals surface area contributed by atoms with Crippen LogP contribution in [0, 0.1) is 0 Å². The Labute approximate surface area is 137 Å². The Morgan fingerprint density at radius 3 is 2.68 bits per heavy atom. The fourth-order valence-electron chi connectivity index (χ4n) is 2.55. The molecular formula is C16H23N3O2S. The summed E-state index contributed by atoms with van der Waals surface area (Å²) in [6.45, 7) is 0. The van der Waals surface area contributed by atoms with E-state index in [9.17, 15) is 0 Å². The maximum absolute atomic E-state index is 5.32. The van der Waals surface area contributed by atoms with Gasteiger partial charge in [0.25, 0.3) is 0 Å². The summed E-state index contributed by atoms with van der Waals surface area (Å²) < 4.78 is 10.5. The molecule has 2 rings (SSSR count). The third kappa shape index (κ3) is 4.87. The van der Waals surface area contributed by atoms with Crippen LogP contribution < -0.4 is 20.2 Å². The Bertz CT molecular complexity index is 528. The molecule has 0 amide bonds. The summed E-state index contributed by atoms with van der Waals surface area (Å²) in [7, 11) is 3.24. The van der Waals surface area contributed by atoms with Crippen LogP contribution in [0.15, 0.2) is 23.3 Å². The number of hydrogen-bond acceptors (Lipinski definition) is 4. The van der Waals surface area contributed by atoms with Crippen molar-refractivity contribution in [3.63, 3.8) is 0 Å². The van der Waals surface area contributed by atoms with E-state index in [-0.39, 0.29) is 0 Å². The molecule has 0 bridgehead atoms. The van der Waals surface area contributed by atoms with Gasteiger partial charge in [0.15, 0.2) is 5.11 Å². The molecule has 0 aliphatic heterocycles. The van der Waals surface area contributed by atoms with Crippen LogP contribution in [0.5, 0.6) is 11.5 Å². The van der Waals surface area contributed by atoms with Gasteiger partial charge in [-0.3, -0.25) is 5.43 Å². The van der Waals surface area contributed by atoms with Crippen molar-refractivity contribution in [3.05, 3.63) is 23.8 Å². The largest absolute Gasteiger partial charge is 0.497 e. The molecule has 0 radical (unpaired) electrons. The van der Waals surface area contributed by atoms with E-state index in [0.29, 0.717) is 16.9 Å². The minimum absolute atomic E-state index is 0.472. The third-order valence-electron chi connectivity index (χ3n) is 3.75. The Kier molecular flexibility index (Phi) is 6.45. The predicted octanol–water partition coefficient (Wildman–Crippen LogP) is 2.83. The predicted molar refractivity (Wildman–Crippen MR) is 92.9 cm³/mol. The minimum Gasteiger partial charge on any atom is -0.497 e. The van der Waals surface area contributed by atoms with Crippen LogP contribution in [0.4, 0.5) is 0 Å². The molecule has 0 aromatic heterocycles. The molecule has 0 spiro atoms. The summed E-state index contributed by atoms with van der Waals surface area (Å²) in [5.74, 6) is 1.45. The molecule has 0 atom stereocenters. The number of methoxy groups -OCH3 is 2. The van der Waals surface area contributed by atoms with Crippen LogP contribution in [-0.2, 0) is 0 Å². The number of hydrazone groups is 1. The zero-order chi connectivity index (χ0) is 15.8. The van der Waals surface area contributed by atoms with Crippen molar-refractivity contribution < 1.29 is 9.47 Å². The Balaban J connectivity index is 1.87. The molecular weight excluding hydrogens is 298 g/mol. The molecule has 5 nitrogen and oxygen atoms in total. The molecule has 1 saturated carbocycles. The van der Waals surface area contributed by atoms with Crippen molar-refractivity contribution in [1.29, 1.82) is 0 Å². The number of hydrogen-bond donors (Lipinski definition) is 2. The summed E-state index contributed by atoms with van der Waals surface area (Å²) in [5, 5.41) is 8.04. The van der Waals surface area contributed by atoms with Gasteiger partial charge in [0, 0.05) is 17.7 Å². The van der Waals surface area contributed by atoms with E-state index < -0.39 is 0 Å². The molecule has 0 unspecified atom stereocenters. The van der Waals surface area contributed by atoms with E-state index in [1.165, 1.54) is 32.1 Å². The number of ether oxygens (including phenoxy) is 2. The first-order valence-corrected chi connectivity index (χ1v) is 7.95. The number of rotatable bonds is 5. The molecule has 1 aliphatic rings. The Morgan fingerprint density at radius 1 is 1.23 bits per heavy atom. The molecule has 1 fully saturated rings. The lowest BCUT2D eigenvalue weighted by Gasteiger charge is -2.23. The van der Waals surface area contributed by atoms with Crippen molar-refractivity contribution in [2.45, 2.75) is 38.1 Å². The van der Waals surface area contributed by atoms with E-state index in [0.717, 1.165) is 11.3 Å². The van der Waals surface area contributed by atoms with Crippen molar-refractivity contribution in [2.75, 3.05) is 14.2 Å². The molecule has 1 aliphatic carbocycles. The summed E-state index contributed by atoms with van der Waals surface area (Å²) in [6.07, 6.45) is 7.91. The molecule has 2 N–H and O–H groups in total. The maximum atomic E-state index is 5.32. The van der Waals surface area contributed by atoms with Gasteiger partial charge in [-0.2, -0.15) is 5.10 Å². The molecule has 1 aromatic carbocycles. The number of thiocarbonyl (C=S) groups is 1. The van der Waals surface area contributed by atoms with Crippen molar-refractivity contribution >= 4 is 23.5 Å². The van der Waals surface area contributed by atoms with Crippen LogP contribution >= 0.6 is 12.2 Å². The average Bonchev–Trinajstić information content (AvgIpc) is 2.56. The average molecular weight is 321 g/mol. The lowest BCUT2D eigenvalue weighted by Crippen LogP contribution is -2.40. The fraction of sp³-hybridized carbons (Fsp3) is 0.500. The zero-order valence-electron chi connectivity index (χ0n) is 13.1. The molecule has 6 heteroatoms. The maximum Gasteiger partial charge on any atom is 0.187 e. The second-order valence-electron chi connectivity index (χ2n) is 5.29. The first kappa shape index (κ1) is 16.5. The van der Waals surface area contributed by atoms with Gasteiger partial charge in [-0.15, -0.1) is 0 Å². The van der Waals surface area contributed by atoms with Crippen molar-refractivity contribution in [2.24, 2.45) is 5.10 Å².